The Bertz CT molecular complexity index is 1240. The largest absolute Gasteiger partial charge is 0.406 e. The van der Waals surface area contributed by atoms with Crippen LogP contribution in [0.5, 0.6) is 0 Å². The number of nitrogens with zero attached hydrogens (tertiary/aromatic N) is 3. The van der Waals surface area contributed by atoms with Gasteiger partial charge in [0.15, 0.2) is 5.78 Å². The Morgan fingerprint density at radius 1 is 0.927 bits per heavy atom. The summed E-state index contributed by atoms with van der Waals surface area (Å²) in [5.74, 6) is 0.163. The smallest absolute Gasteiger partial charge is 0.261 e. The van der Waals surface area contributed by atoms with E-state index < -0.39 is 13.9 Å². The van der Waals surface area contributed by atoms with Crippen LogP contribution < -0.4 is 10.4 Å². The number of Topliss-reactive ketones (excluding diaryl/α,β-unsaturated/α-hetero) is 1. The first-order valence-electron chi connectivity index (χ1n) is 14.7. The van der Waals surface area contributed by atoms with E-state index in [1.54, 1.807) is 0 Å². The van der Waals surface area contributed by atoms with Crippen LogP contribution in [0, 0.1) is 0 Å². The molecule has 3 aromatic rings. The summed E-state index contributed by atoms with van der Waals surface area (Å²) in [6.07, 6.45) is 2.19. The fourth-order valence-electron chi connectivity index (χ4n) is 5.79. The minimum Gasteiger partial charge on any atom is -0.406 e. The minimum atomic E-state index is -2.68. The number of likely N-dealkylation sites (N-methyl/N-ethyl adjacent to an activating group) is 1. The molecule has 0 amide bonds. The van der Waals surface area contributed by atoms with Gasteiger partial charge in [-0.25, -0.2) is 0 Å². The van der Waals surface area contributed by atoms with Gasteiger partial charge in [-0.1, -0.05) is 95.3 Å². The molecule has 4 rings (SSSR count). The highest BCUT2D eigenvalue weighted by Gasteiger charge is 2.51. The van der Waals surface area contributed by atoms with Gasteiger partial charge in [0.05, 0.1) is 12.0 Å². The maximum atomic E-state index is 13.5. The zero-order valence-corrected chi connectivity index (χ0v) is 27.9. The molecule has 2 heterocycles. The van der Waals surface area contributed by atoms with Gasteiger partial charge in [0.2, 0.25) is 0 Å². The normalized spacial score (nSPS) is 15.8. The molecule has 8 heteroatoms. The summed E-state index contributed by atoms with van der Waals surface area (Å²) < 4.78 is 12.7. The lowest BCUT2D eigenvalue weighted by Crippen LogP contribution is -2.67. The molecule has 41 heavy (non-hydrogen) atoms. The van der Waals surface area contributed by atoms with Crippen LogP contribution in [0.25, 0.3) is 0 Å². The maximum absolute atomic E-state index is 13.5. The number of hydrogen-bond donors (Lipinski definition) is 0. The van der Waals surface area contributed by atoms with Crippen LogP contribution in [0.3, 0.4) is 0 Å². The van der Waals surface area contributed by atoms with E-state index >= 15 is 0 Å². The van der Waals surface area contributed by atoms with Crippen LogP contribution in [0.1, 0.15) is 71.3 Å². The third kappa shape index (κ3) is 6.72. The first-order chi connectivity index (χ1) is 19.3. The van der Waals surface area contributed by atoms with Gasteiger partial charge in [0.1, 0.15) is 10.0 Å². The summed E-state index contributed by atoms with van der Waals surface area (Å²) in [6, 6.07) is 21.8. The lowest BCUT2D eigenvalue weighted by atomic mass is 9.91. The van der Waals surface area contributed by atoms with Gasteiger partial charge in [-0.3, -0.25) is 9.69 Å². The first-order valence-corrected chi connectivity index (χ1v) is 17.4. The Hall–Kier alpha value is -2.23. The van der Waals surface area contributed by atoms with Crippen molar-refractivity contribution in [2.45, 2.75) is 89.8 Å². The van der Waals surface area contributed by atoms with Crippen molar-refractivity contribution in [2.24, 2.45) is 0 Å². The summed E-state index contributed by atoms with van der Waals surface area (Å²) in [7, 11) is -0.617. The average molecular weight is 594 g/mol. The second kappa shape index (κ2) is 12.6. The van der Waals surface area contributed by atoms with Crippen molar-refractivity contribution in [1.82, 2.24) is 15.1 Å². The Balaban J connectivity index is 1.54. The first kappa shape index (κ1) is 31.7. The highest BCUT2D eigenvalue weighted by atomic mass is 32.1. The van der Waals surface area contributed by atoms with E-state index in [-0.39, 0.29) is 22.7 Å². The average Bonchev–Trinajstić information content (AvgIpc) is 3.43. The molecule has 222 valence electrons. The second-order valence-corrected chi connectivity index (χ2v) is 18.8. The molecule has 0 radical (unpaired) electrons. The van der Waals surface area contributed by atoms with Crippen LogP contribution in [-0.4, -0.2) is 67.6 Å². The molecule has 1 aliphatic rings. The number of carbonyl (C=O) groups excluding carboxylic acids is 1. The third-order valence-corrected chi connectivity index (χ3v) is 15.0. The molecule has 2 aromatic carbocycles. The summed E-state index contributed by atoms with van der Waals surface area (Å²) in [5.41, 5.74) is -0.962. The van der Waals surface area contributed by atoms with Gasteiger partial charge in [-0.05, 0) is 49.1 Å². The zero-order valence-electron chi connectivity index (χ0n) is 26.1. The van der Waals surface area contributed by atoms with Crippen molar-refractivity contribution in [3.8, 4) is 0 Å². The lowest BCUT2D eigenvalue weighted by molar-refractivity contribution is -0.130. The monoisotopic (exact) mass is 593 g/mol. The Labute approximate surface area is 251 Å². The summed E-state index contributed by atoms with van der Waals surface area (Å²) in [6.45, 7) is 17.3. The van der Waals surface area contributed by atoms with Crippen LogP contribution in [0.4, 0.5) is 0 Å². The van der Waals surface area contributed by atoms with Crippen molar-refractivity contribution < 1.29 is 14.0 Å². The van der Waals surface area contributed by atoms with E-state index in [0.717, 1.165) is 36.1 Å². The summed E-state index contributed by atoms with van der Waals surface area (Å²) in [4.78, 5) is 15.7. The third-order valence-electron chi connectivity index (χ3n) is 8.73. The molecule has 0 bridgehead atoms. The van der Waals surface area contributed by atoms with E-state index in [1.807, 2.05) is 13.8 Å². The molecular formula is C33H47N3O3SSi. The van der Waals surface area contributed by atoms with E-state index in [2.05, 4.69) is 117 Å². The molecule has 0 N–H and O–H groups in total. The lowest BCUT2D eigenvalue weighted by Gasteiger charge is -2.44. The van der Waals surface area contributed by atoms with Gasteiger partial charge in [-0.15, -0.1) is 21.5 Å². The number of hydrogen-bond acceptors (Lipinski definition) is 7. The molecule has 1 fully saturated rings. The van der Waals surface area contributed by atoms with Crippen molar-refractivity contribution >= 4 is 35.8 Å². The second-order valence-electron chi connectivity index (χ2n) is 13.5. The Morgan fingerprint density at radius 3 is 1.98 bits per heavy atom. The van der Waals surface area contributed by atoms with Crippen LogP contribution in [0.15, 0.2) is 60.7 Å². The SMILES string of the molecule is CN(C1CCOCC1)C(C)(C)C(=O)Cc1nnc(C(C)(C)CO[Si](c2ccccc2)(c2ccccc2)C(C)(C)C)s1. The fourth-order valence-corrected chi connectivity index (χ4v) is 11.4. The number of rotatable bonds is 11. The predicted molar refractivity (Wildman–Crippen MR) is 171 cm³/mol. The summed E-state index contributed by atoms with van der Waals surface area (Å²) in [5, 5.41) is 13.1. The van der Waals surface area contributed by atoms with Gasteiger partial charge in [-0.2, -0.15) is 0 Å². The Kier molecular flexibility index (Phi) is 9.71. The molecule has 0 atom stereocenters. The molecular weight excluding hydrogens is 547 g/mol. The van der Waals surface area contributed by atoms with Crippen LogP contribution >= 0.6 is 11.3 Å². The van der Waals surface area contributed by atoms with E-state index in [1.165, 1.54) is 21.7 Å². The van der Waals surface area contributed by atoms with Crippen molar-refractivity contribution in [2.75, 3.05) is 26.9 Å². The van der Waals surface area contributed by atoms with Crippen molar-refractivity contribution in [3.63, 3.8) is 0 Å². The maximum Gasteiger partial charge on any atom is 0.261 e. The molecule has 1 aliphatic heterocycles. The van der Waals surface area contributed by atoms with Crippen molar-refractivity contribution in [3.05, 3.63) is 70.7 Å². The standard InChI is InChI=1S/C33H47N3O3SSi/c1-31(2,3)41(26-15-11-9-12-16-26,27-17-13-10-14-18-27)39-24-32(4,5)30-35-34-29(40-30)23-28(37)33(6,7)36(8)25-19-21-38-22-20-25/h9-18,25H,19-24H2,1-8H3. The Morgan fingerprint density at radius 2 is 1.46 bits per heavy atom. The molecule has 1 aromatic heterocycles. The topological polar surface area (TPSA) is 64.5 Å². The number of benzene rings is 2. The van der Waals surface area contributed by atoms with E-state index in [4.69, 9.17) is 9.16 Å². The highest BCUT2D eigenvalue weighted by molar-refractivity contribution is 7.11. The molecule has 0 unspecified atom stereocenters. The number of carbonyl (C=O) groups is 1. The molecule has 6 nitrogen and oxygen atoms in total. The summed E-state index contributed by atoms with van der Waals surface area (Å²) >= 11 is 1.54. The molecule has 0 saturated carbocycles. The van der Waals surface area contributed by atoms with Gasteiger partial charge in [0.25, 0.3) is 8.32 Å². The number of aromatic nitrogens is 2. The molecule has 0 aliphatic carbocycles. The molecule has 1 saturated heterocycles. The predicted octanol–water partition coefficient (Wildman–Crippen LogP) is 5.39. The fraction of sp³-hybridized carbons (Fsp3) is 0.545. The highest BCUT2D eigenvalue weighted by Crippen LogP contribution is 2.38. The number of ketones is 1. The quantitative estimate of drug-likeness (QED) is 0.278. The van der Waals surface area contributed by atoms with E-state index in [0.29, 0.717) is 12.6 Å². The van der Waals surface area contributed by atoms with E-state index in [9.17, 15) is 4.79 Å². The van der Waals surface area contributed by atoms with Crippen LogP contribution in [0.2, 0.25) is 5.04 Å². The minimum absolute atomic E-state index is 0.105. The van der Waals surface area contributed by atoms with Crippen molar-refractivity contribution in [1.29, 1.82) is 0 Å². The van der Waals surface area contributed by atoms with Gasteiger partial charge >= 0.3 is 0 Å². The zero-order chi connectivity index (χ0) is 29.9. The molecule has 0 spiro atoms. The van der Waals surface area contributed by atoms with Gasteiger partial charge < -0.3 is 9.16 Å². The van der Waals surface area contributed by atoms with Gasteiger partial charge in [0, 0.05) is 31.3 Å². The van der Waals surface area contributed by atoms with Crippen LogP contribution in [-0.2, 0) is 25.8 Å². The number of ether oxygens (including phenoxy) is 1.